The number of nitrogens with zero attached hydrogens (tertiary/aromatic N) is 2. The summed E-state index contributed by atoms with van der Waals surface area (Å²) >= 11 is 0. The van der Waals surface area contributed by atoms with Gasteiger partial charge in [-0.15, -0.1) is 0 Å². The first kappa shape index (κ1) is 14.8. The molecule has 0 spiro atoms. The molecule has 1 N–H and O–H groups in total. The van der Waals surface area contributed by atoms with E-state index in [1.54, 1.807) is 6.26 Å². The lowest BCUT2D eigenvalue weighted by Crippen LogP contribution is -2.31. The van der Waals surface area contributed by atoms with Gasteiger partial charge >= 0.3 is 0 Å². The van der Waals surface area contributed by atoms with Crippen molar-refractivity contribution < 1.29 is 9.21 Å². The molecule has 0 saturated carbocycles. The van der Waals surface area contributed by atoms with Crippen LogP contribution in [0.2, 0.25) is 0 Å². The van der Waals surface area contributed by atoms with Crippen molar-refractivity contribution in [3.05, 3.63) is 41.8 Å². The van der Waals surface area contributed by atoms with E-state index in [9.17, 15) is 4.79 Å². The Balaban J connectivity index is 1.76. The summed E-state index contributed by atoms with van der Waals surface area (Å²) in [5, 5.41) is 3.18. The van der Waals surface area contributed by atoms with Crippen molar-refractivity contribution in [1.82, 2.24) is 15.2 Å². The van der Waals surface area contributed by atoms with E-state index in [0.717, 1.165) is 43.2 Å². The van der Waals surface area contributed by atoms with Gasteiger partial charge in [0.05, 0.1) is 17.5 Å². The van der Waals surface area contributed by atoms with Crippen LogP contribution in [-0.4, -0.2) is 42.5 Å². The zero-order valence-electron chi connectivity index (χ0n) is 13.0. The van der Waals surface area contributed by atoms with Gasteiger partial charge in [-0.3, -0.25) is 4.79 Å². The summed E-state index contributed by atoms with van der Waals surface area (Å²) in [5.41, 5.74) is 2.19. The number of furan rings is 1. The molecule has 2 aromatic heterocycles. The fourth-order valence-corrected chi connectivity index (χ4v) is 2.99. The lowest BCUT2D eigenvalue weighted by molar-refractivity contribution is 0.0786. The Morgan fingerprint density at radius 1 is 1.45 bits per heavy atom. The Morgan fingerprint density at radius 3 is 3.00 bits per heavy atom. The van der Waals surface area contributed by atoms with Gasteiger partial charge < -0.3 is 14.6 Å². The number of hydrogen-bond donors (Lipinski definition) is 1. The predicted molar refractivity (Wildman–Crippen MR) is 84.6 cm³/mol. The summed E-state index contributed by atoms with van der Waals surface area (Å²) in [6.45, 7) is 4.48. The molecule has 3 heterocycles. The Labute approximate surface area is 130 Å². The number of amides is 1. The fraction of sp³-hybridized carbons (Fsp3) is 0.412. The topological polar surface area (TPSA) is 58.4 Å². The first-order chi connectivity index (χ1) is 10.7. The highest BCUT2D eigenvalue weighted by Crippen LogP contribution is 2.22. The summed E-state index contributed by atoms with van der Waals surface area (Å²) in [6, 6.07) is 7.40. The van der Waals surface area contributed by atoms with Crippen molar-refractivity contribution in [1.29, 1.82) is 0 Å². The molecule has 3 rings (SSSR count). The molecule has 0 aliphatic carbocycles. The number of hydrogen-bond acceptors (Lipinski definition) is 4. The third-order valence-corrected chi connectivity index (χ3v) is 4.16. The number of carbonyl (C=O) groups excluding carboxylic acids is 1. The molecule has 1 atom stereocenters. The monoisotopic (exact) mass is 299 g/mol. The minimum absolute atomic E-state index is 0.0783. The van der Waals surface area contributed by atoms with Gasteiger partial charge in [-0.1, -0.05) is 0 Å². The maximum absolute atomic E-state index is 12.7. The highest BCUT2D eigenvalue weighted by molar-refractivity contribution is 5.95. The van der Waals surface area contributed by atoms with Crippen LogP contribution in [0.25, 0.3) is 11.5 Å². The highest BCUT2D eigenvalue weighted by atomic mass is 16.3. The first-order valence-electron chi connectivity index (χ1n) is 7.64. The van der Waals surface area contributed by atoms with E-state index >= 15 is 0 Å². The molecule has 0 aromatic carbocycles. The van der Waals surface area contributed by atoms with Crippen LogP contribution in [0.4, 0.5) is 0 Å². The summed E-state index contributed by atoms with van der Waals surface area (Å²) in [5.74, 6) is 1.34. The Morgan fingerprint density at radius 2 is 2.32 bits per heavy atom. The van der Waals surface area contributed by atoms with Crippen LogP contribution in [0.3, 0.4) is 0 Å². The third kappa shape index (κ3) is 2.90. The van der Waals surface area contributed by atoms with Gasteiger partial charge in [0.15, 0.2) is 5.76 Å². The van der Waals surface area contributed by atoms with Crippen molar-refractivity contribution in [2.24, 2.45) is 5.92 Å². The SMILES string of the molecule is CNCC1CCN(C(=O)c2ccc(-c3ccco3)nc2C)C1. The molecule has 1 unspecified atom stereocenters. The van der Waals surface area contributed by atoms with Crippen molar-refractivity contribution in [3.8, 4) is 11.5 Å². The molecule has 5 heteroatoms. The maximum atomic E-state index is 12.7. The van der Waals surface area contributed by atoms with Crippen LogP contribution in [-0.2, 0) is 0 Å². The lowest BCUT2D eigenvalue weighted by Gasteiger charge is -2.17. The predicted octanol–water partition coefficient (Wildman–Crippen LogP) is 2.33. The van der Waals surface area contributed by atoms with Gasteiger partial charge in [0.1, 0.15) is 5.69 Å². The highest BCUT2D eigenvalue weighted by Gasteiger charge is 2.27. The van der Waals surface area contributed by atoms with Crippen LogP contribution in [0, 0.1) is 12.8 Å². The number of likely N-dealkylation sites (tertiary alicyclic amines) is 1. The zero-order chi connectivity index (χ0) is 15.5. The molecule has 1 fully saturated rings. The Kier molecular flexibility index (Phi) is 4.24. The van der Waals surface area contributed by atoms with Crippen LogP contribution in [0.15, 0.2) is 34.9 Å². The molecule has 0 bridgehead atoms. The van der Waals surface area contributed by atoms with Gasteiger partial charge in [-0.2, -0.15) is 0 Å². The molecule has 1 amide bonds. The van der Waals surface area contributed by atoms with Crippen LogP contribution in [0.5, 0.6) is 0 Å². The van der Waals surface area contributed by atoms with E-state index in [-0.39, 0.29) is 5.91 Å². The minimum atomic E-state index is 0.0783. The van der Waals surface area contributed by atoms with E-state index in [4.69, 9.17) is 4.42 Å². The number of carbonyl (C=O) groups is 1. The molecular weight excluding hydrogens is 278 g/mol. The molecule has 5 nitrogen and oxygen atoms in total. The third-order valence-electron chi connectivity index (χ3n) is 4.16. The second-order valence-electron chi connectivity index (χ2n) is 5.77. The van der Waals surface area contributed by atoms with Gasteiger partial charge in [0.2, 0.25) is 0 Å². The fourth-order valence-electron chi connectivity index (χ4n) is 2.99. The summed E-state index contributed by atoms with van der Waals surface area (Å²) in [4.78, 5) is 19.1. The molecule has 2 aromatic rings. The summed E-state index contributed by atoms with van der Waals surface area (Å²) in [7, 11) is 1.95. The summed E-state index contributed by atoms with van der Waals surface area (Å²) in [6.07, 6.45) is 2.68. The number of rotatable bonds is 4. The minimum Gasteiger partial charge on any atom is -0.463 e. The van der Waals surface area contributed by atoms with Crippen molar-refractivity contribution in [2.75, 3.05) is 26.7 Å². The van der Waals surface area contributed by atoms with E-state index in [1.165, 1.54) is 0 Å². The molecule has 1 aliphatic rings. The number of aromatic nitrogens is 1. The lowest BCUT2D eigenvalue weighted by atomic mass is 10.1. The van der Waals surface area contributed by atoms with Crippen molar-refractivity contribution >= 4 is 5.91 Å². The Hall–Kier alpha value is -2.14. The van der Waals surface area contributed by atoms with E-state index in [2.05, 4.69) is 10.3 Å². The first-order valence-corrected chi connectivity index (χ1v) is 7.64. The number of nitrogens with one attached hydrogen (secondary N) is 1. The van der Waals surface area contributed by atoms with E-state index in [1.807, 2.05) is 43.1 Å². The quantitative estimate of drug-likeness (QED) is 0.941. The second kappa shape index (κ2) is 6.32. The van der Waals surface area contributed by atoms with Gasteiger partial charge in [0, 0.05) is 13.1 Å². The van der Waals surface area contributed by atoms with Gasteiger partial charge in [-0.25, -0.2) is 4.98 Å². The standard InChI is InChI=1S/C17H21N3O2/c1-12-14(5-6-15(19-12)16-4-3-9-22-16)17(21)20-8-7-13(11-20)10-18-2/h3-6,9,13,18H,7-8,10-11H2,1-2H3. The zero-order valence-corrected chi connectivity index (χ0v) is 13.0. The maximum Gasteiger partial charge on any atom is 0.255 e. The molecule has 0 radical (unpaired) electrons. The largest absolute Gasteiger partial charge is 0.463 e. The van der Waals surface area contributed by atoms with Crippen molar-refractivity contribution in [2.45, 2.75) is 13.3 Å². The van der Waals surface area contributed by atoms with Gasteiger partial charge in [-0.05, 0) is 57.1 Å². The van der Waals surface area contributed by atoms with E-state index < -0.39 is 0 Å². The average Bonchev–Trinajstić information content (AvgIpc) is 3.18. The van der Waals surface area contributed by atoms with Gasteiger partial charge in [0.25, 0.3) is 5.91 Å². The number of pyridine rings is 1. The number of aryl methyl sites for hydroxylation is 1. The molecular formula is C17H21N3O2. The van der Waals surface area contributed by atoms with Crippen molar-refractivity contribution in [3.63, 3.8) is 0 Å². The second-order valence-corrected chi connectivity index (χ2v) is 5.77. The van der Waals surface area contributed by atoms with Crippen LogP contribution < -0.4 is 5.32 Å². The normalized spacial score (nSPS) is 17.9. The molecule has 1 saturated heterocycles. The van der Waals surface area contributed by atoms with Crippen LogP contribution in [0.1, 0.15) is 22.5 Å². The van der Waals surface area contributed by atoms with E-state index in [0.29, 0.717) is 11.5 Å². The molecule has 22 heavy (non-hydrogen) atoms. The molecule has 1 aliphatic heterocycles. The molecule has 116 valence electrons. The average molecular weight is 299 g/mol. The summed E-state index contributed by atoms with van der Waals surface area (Å²) < 4.78 is 5.35. The van der Waals surface area contributed by atoms with Crippen LogP contribution >= 0.6 is 0 Å². The smallest absolute Gasteiger partial charge is 0.255 e. The Bertz CT molecular complexity index is 652.